The van der Waals surface area contributed by atoms with E-state index in [0.717, 1.165) is 17.8 Å². The van der Waals surface area contributed by atoms with Crippen molar-refractivity contribution < 1.29 is 4.79 Å². The van der Waals surface area contributed by atoms with Crippen LogP contribution in [0.4, 0.5) is 5.69 Å². The van der Waals surface area contributed by atoms with E-state index in [1.807, 2.05) is 54.6 Å². The molecule has 2 rings (SSSR count). The van der Waals surface area contributed by atoms with E-state index in [4.69, 9.17) is 11.5 Å². The molecule has 1 atom stereocenters. The van der Waals surface area contributed by atoms with E-state index in [0.29, 0.717) is 6.42 Å². The molecule has 0 aromatic heterocycles. The molecule has 1 unspecified atom stereocenters. The van der Waals surface area contributed by atoms with Crippen molar-refractivity contribution in [2.75, 3.05) is 5.32 Å². The maximum Gasteiger partial charge on any atom is 0.237 e. The number of halogens is 2. The molecule has 23 heavy (non-hydrogen) atoms. The van der Waals surface area contributed by atoms with Crippen LogP contribution < -0.4 is 16.8 Å². The fourth-order valence-electron chi connectivity index (χ4n) is 2.05. The zero-order valence-electron chi connectivity index (χ0n) is 13.0. The summed E-state index contributed by atoms with van der Waals surface area (Å²) in [4.78, 5) is 11.2. The van der Waals surface area contributed by atoms with Crippen LogP contribution >= 0.6 is 24.8 Å². The second-order valence-electron chi connectivity index (χ2n) is 5.49. The molecule has 0 aliphatic carbocycles. The Morgan fingerprint density at radius 3 is 2.04 bits per heavy atom. The minimum absolute atomic E-state index is 0. The maximum atomic E-state index is 11.2. The molecule has 0 saturated heterocycles. The highest BCUT2D eigenvalue weighted by Gasteiger charge is 2.25. The Kier molecular flexibility index (Phi) is 8.69. The van der Waals surface area contributed by atoms with Gasteiger partial charge in [0.1, 0.15) is 0 Å². The van der Waals surface area contributed by atoms with Crippen molar-refractivity contribution >= 4 is 36.4 Å². The molecular formula is C17H23Cl2N3O. The van der Waals surface area contributed by atoms with Crippen LogP contribution in [0.2, 0.25) is 0 Å². The van der Waals surface area contributed by atoms with Crippen LogP contribution in [0, 0.1) is 0 Å². The van der Waals surface area contributed by atoms with Crippen molar-refractivity contribution in [3.8, 4) is 0 Å². The topological polar surface area (TPSA) is 81.1 Å². The van der Waals surface area contributed by atoms with E-state index in [9.17, 15) is 4.79 Å². The van der Waals surface area contributed by atoms with Gasteiger partial charge in [-0.3, -0.25) is 4.79 Å². The van der Waals surface area contributed by atoms with E-state index in [1.54, 1.807) is 6.92 Å². The Morgan fingerprint density at radius 2 is 1.52 bits per heavy atom. The molecule has 0 radical (unpaired) electrons. The fourth-order valence-corrected chi connectivity index (χ4v) is 2.05. The molecule has 0 bridgehead atoms. The van der Waals surface area contributed by atoms with E-state index < -0.39 is 11.4 Å². The zero-order chi connectivity index (χ0) is 15.3. The first-order chi connectivity index (χ1) is 9.97. The van der Waals surface area contributed by atoms with Gasteiger partial charge >= 0.3 is 0 Å². The number of hydrogen-bond acceptors (Lipinski definition) is 3. The van der Waals surface area contributed by atoms with Crippen LogP contribution in [0.25, 0.3) is 0 Å². The minimum atomic E-state index is -1.01. The van der Waals surface area contributed by atoms with Crippen LogP contribution in [0.15, 0.2) is 54.6 Å². The van der Waals surface area contributed by atoms with Gasteiger partial charge in [0.15, 0.2) is 0 Å². The lowest BCUT2D eigenvalue weighted by molar-refractivity contribution is -0.122. The lowest BCUT2D eigenvalue weighted by atomic mass is 9.93. The average molecular weight is 356 g/mol. The Hall–Kier alpha value is -1.75. The summed E-state index contributed by atoms with van der Waals surface area (Å²) in [6, 6.07) is 18.1. The van der Waals surface area contributed by atoms with Gasteiger partial charge in [-0.25, -0.2) is 0 Å². The average Bonchev–Trinajstić information content (AvgIpc) is 2.47. The number of anilines is 1. The zero-order valence-corrected chi connectivity index (χ0v) is 14.6. The number of nitrogens with two attached hydrogens (primary N) is 2. The molecule has 5 N–H and O–H groups in total. The lowest BCUT2D eigenvalue weighted by Gasteiger charge is -2.20. The SMILES string of the molecule is CC(N)(Cc1ccc(CNc2ccccc2)cc1)C(N)=O.Cl.Cl. The molecule has 0 spiro atoms. The smallest absolute Gasteiger partial charge is 0.237 e. The Morgan fingerprint density at radius 1 is 1.00 bits per heavy atom. The number of benzene rings is 2. The maximum absolute atomic E-state index is 11.2. The van der Waals surface area contributed by atoms with Gasteiger partial charge in [-0.2, -0.15) is 0 Å². The highest BCUT2D eigenvalue weighted by Crippen LogP contribution is 2.13. The third-order valence-electron chi connectivity index (χ3n) is 3.43. The number of amides is 1. The number of primary amides is 1. The first-order valence-corrected chi connectivity index (χ1v) is 6.93. The van der Waals surface area contributed by atoms with Crippen molar-refractivity contribution in [1.82, 2.24) is 0 Å². The van der Waals surface area contributed by atoms with Crippen LogP contribution in [0.1, 0.15) is 18.1 Å². The summed E-state index contributed by atoms with van der Waals surface area (Å²) in [5, 5.41) is 3.35. The van der Waals surface area contributed by atoms with E-state index in [2.05, 4.69) is 5.32 Å². The van der Waals surface area contributed by atoms with Gasteiger partial charge in [-0.15, -0.1) is 24.8 Å². The monoisotopic (exact) mass is 355 g/mol. The normalized spacial score (nSPS) is 12.3. The van der Waals surface area contributed by atoms with Crippen LogP contribution in [-0.2, 0) is 17.8 Å². The molecule has 6 heteroatoms. The van der Waals surface area contributed by atoms with Crippen molar-refractivity contribution in [2.45, 2.75) is 25.4 Å². The van der Waals surface area contributed by atoms with Crippen LogP contribution in [0.5, 0.6) is 0 Å². The van der Waals surface area contributed by atoms with Crippen LogP contribution in [-0.4, -0.2) is 11.4 Å². The highest BCUT2D eigenvalue weighted by molar-refractivity contribution is 5.85. The molecule has 0 aliphatic heterocycles. The highest BCUT2D eigenvalue weighted by atomic mass is 35.5. The summed E-state index contributed by atoms with van der Waals surface area (Å²) in [6.07, 6.45) is 0.439. The third kappa shape index (κ3) is 6.48. The van der Waals surface area contributed by atoms with E-state index in [1.165, 1.54) is 5.56 Å². The Balaban J connectivity index is 0.00000242. The predicted molar refractivity (Wildman–Crippen MR) is 100 cm³/mol. The summed E-state index contributed by atoms with van der Waals surface area (Å²) < 4.78 is 0. The second kappa shape index (κ2) is 9.40. The molecule has 126 valence electrons. The third-order valence-corrected chi connectivity index (χ3v) is 3.43. The summed E-state index contributed by atoms with van der Waals surface area (Å²) in [7, 11) is 0. The number of rotatable bonds is 6. The summed E-state index contributed by atoms with van der Waals surface area (Å²) in [5.74, 6) is -0.489. The Labute approximate surface area is 149 Å². The Bertz CT molecular complexity index is 601. The van der Waals surface area contributed by atoms with Crippen molar-refractivity contribution in [3.63, 3.8) is 0 Å². The molecule has 2 aromatic rings. The first kappa shape index (κ1) is 21.2. The predicted octanol–water partition coefficient (Wildman–Crippen LogP) is 2.89. The molecule has 0 saturated carbocycles. The standard InChI is InChI=1S/C17H21N3O.2ClH/c1-17(19,16(18)21)11-13-7-9-14(10-8-13)12-20-15-5-3-2-4-6-15;;/h2-10,20H,11-12,19H2,1H3,(H2,18,21);2*1H. The quantitative estimate of drug-likeness (QED) is 0.744. The minimum Gasteiger partial charge on any atom is -0.381 e. The van der Waals surface area contributed by atoms with Gasteiger partial charge < -0.3 is 16.8 Å². The fraction of sp³-hybridized carbons (Fsp3) is 0.235. The number of carbonyl (C=O) groups is 1. The van der Waals surface area contributed by atoms with Crippen molar-refractivity contribution in [2.24, 2.45) is 11.5 Å². The van der Waals surface area contributed by atoms with Crippen LogP contribution in [0.3, 0.4) is 0 Å². The van der Waals surface area contributed by atoms with E-state index >= 15 is 0 Å². The van der Waals surface area contributed by atoms with Gasteiger partial charge in [-0.05, 0) is 36.6 Å². The van der Waals surface area contributed by atoms with Crippen molar-refractivity contribution in [3.05, 3.63) is 65.7 Å². The number of para-hydroxylation sites is 1. The summed E-state index contributed by atoms with van der Waals surface area (Å²) >= 11 is 0. The number of nitrogens with one attached hydrogen (secondary N) is 1. The number of carbonyl (C=O) groups excluding carboxylic acids is 1. The van der Waals surface area contributed by atoms with Gasteiger partial charge in [0.05, 0.1) is 5.54 Å². The molecule has 4 nitrogen and oxygen atoms in total. The number of hydrogen-bond donors (Lipinski definition) is 3. The van der Waals surface area contributed by atoms with Gasteiger partial charge in [0, 0.05) is 12.2 Å². The molecule has 1 amide bonds. The second-order valence-corrected chi connectivity index (χ2v) is 5.49. The molecule has 2 aromatic carbocycles. The molecular weight excluding hydrogens is 333 g/mol. The molecule has 0 aliphatic rings. The molecule has 0 fully saturated rings. The van der Waals surface area contributed by atoms with Gasteiger partial charge in [0.2, 0.25) is 5.91 Å². The van der Waals surface area contributed by atoms with Gasteiger partial charge in [0.25, 0.3) is 0 Å². The summed E-state index contributed by atoms with van der Waals surface area (Å²) in [5.41, 5.74) is 13.4. The largest absolute Gasteiger partial charge is 0.381 e. The summed E-state index contributed by atoms with van der Waals surface area (Å²) in [6.45, 7) is 2.40. The van der Waals surface area contributed by atoms with Crippen molar-refractivity contribution in [1.29, 1.82) is 0 Å². The lowest BCUT2D eigenvalue weighted by Crippen LogP contribution is -2.51. The van der Waals surface area contributed by atoms with Gasteiger partial charge in [-0.1, -0.05) is 42.5 Å². The van der Waals surface area contributed by atoms with E-state index in [-0.39, 0.29) is 24.8 Å². The first-order valence-electron chi connectivity index (χ1n) is 6.93. The molecule has 0 heterocycles.